The molecule has 0 bridgehead atoms. The Morgan fingerprint density at radius 3 is 1.57 bits per heavy atom. The van der Waals surface area contributed by atoms with E-state index in [1.807, 2.05) is 0 Å². The van der Waals surface area contributed by atoms with Crippen LogP contribution < -0.4 is 5.32 Å². The molecule has 0 radical (unpaired) electrons. The summed E-state index contributed by atoms with van der Waals surface area (Å²) >= 11 is 0. The zero-order valence-electron chi connectivity index (χ0n) is 35.3. The van der Waals surface area contributed by atoms with Gasteiger partial charge in [0.1, 0.15) is 12.7 Å². The molecule has 2 unspecified atom stereocenters. The zero-order chi connectivity index (χ0) is 41.1. The molecule has 0 rings (SSSR count). The van der Waals surface area contributed by atoms with Crippen LogP contribution in [0.2, 0.25) is 0 Å². The number of carbonyl (C=O) groups excluding carboxylic acids is 2. The quantitative estimate of drug-likeness (QED) is 0.0241. The number of ether oxygens (including phenoxy) is 1. The second kappa shape index (κ2) is 42.1. The van der Waals surface area contributed by atoms with E-state index >= 15 is 0 Å². The minimum absolute atomic E-state index is 0.0589. The van der Waals surface area contributed by atoms with E-state index < -0.39 is 26.5 Å². The number of aliphatic hydroxyl groups is 1. The fraction of sp³-hybridized carbons (Fsp3) is 0.696. The highest BCUT2D eigenvalue weighted by Gasteiger charge is 2.23. The first-order valence-electron chi connectivity index (χ1n) is 21.9. The van der Waals surface area contributed by atoms with Gasteiger partial charge in [0.15, 0.2) is 0 Å². The molecule has 0 fully saturated rings. The molecule has 0 aromatic rings. The number of rotatable bonds is 40. The van der Waals surface area contributed by atoms with Crippen molar-refractivity contribution in [2.45, 2.75) is 180 Å². The zero-order valence-corrected chi connectivity index (χ0v) is 36.2. The summed E-state index contributed by atoms with van der Waals surface area (Å²) < 4.78 is 26.9. The smallest absolute Gasteiger partial charge is 0.463 e. The average Bonchev–Trinajstić information content (AvgIpc) is 3.18. The van der Waals surface area contributed by atoms with Gasteiger partial charge in [0.25, 0.3) is 0 Å². The largest absolute Gasteiger partial charge is 0.472 e. The van der Waals surface area contributed by atoms with Gasteiger partial charge in [-0.15, -0.1) is 0 Å². The van der Waals surface area contributed by atoms with Crippen LogP contribution in [0.15, 0.2) is 72.9 Å². The molecule has 0 aliphatic carbocycles. The van der Waals surface area contributed by atoms with E-state index in [0.29, 0.717) is 6.42 Å². The van der Waals surface area contributed by atoms with Gasteiger partial charge in [-0.1, -0.05) is 151 Å². The van der Waals surface area contributed by atoms with Gasteiger partial charge in [0.05, 0.1) is 13.2 Å². The van der Waals surface area contributed by atoms with E-state index in [1.165, 1.54) is 51.4 Å². The van der Waals surface area contributed by atoms with Gasteiger partial charge in [-0.3, -0.25) is 18.6 Å². The highest BCUT2D eigenvalue weighted by molar-refractivity contribution is 7.47. The van der Waals surface area contributed by atoms with Gasteiger partial charge in [-0.25, -0.2) is 4.57 Å². The van der Waals surface area contributed by atoms with Gasteiger partial charge in [-0.05, 0) is 83.5 Å². The van der Waals surface area contributed by atoms with Crippen LogP contribution >= 0.6 is 7.82 Å². The molecule has 9 nitrogen and oxygen atoms in total. The normalized spacial score (nSPS) is 14.0. The van der Waals surface area contributed by atoms with Gasteiger partial charge in [0.2, 0.25) is 5.91 Å². The minimum Gasteiger partial charge on any atom is -0.463 e. The van der Waals surface area contributed by atoms with Crippen molar-refractivity contribution in [1.29, 1.82) is 0 Å². The lowest BCUT2D eigenvalue weighted by molar-refractivity contribution is -0.147. The van der Waals surface area contributed by atoms with Crippen LogP contribution in [0.3, 0.4) is 0 Å². The first-order valence-corrected chi connectivity index (χ1v) is 23.4. The maximum atomic E-state index is 12.1. The number of allylic oxidation sites excluding steroid dienone is 12. The lowest BCUT2D eigenvalue weighted by Gasteiger charge is -2.15. The van der Waals surface area contributed by atoms with E-state index in [0.717, 1.165) is 96.3 Å². The first kappa shape index (κ1) is 53.5. The number of nitrogens with one attached hydrogen (secondary N) is 1. The summed E-state index contributed by atoms with van der Waals surface area (Å²) in [5, 5.41) is 12.7. The van der Waals surface area contributed by atoms with E-state index in [1.54, 1.807) is 0 Å². The van der Waals surface area contributed by atoms with Crippen LogP contribution in [0.25, 0.3) is 0 Å². The molecule has 0 aliphatic rings. The third kappa shape index (κ3) is 42.6. The van der Waals surface area contributed by atoms with Crippen molar-refractivity contribution in [3.8, 4) is 0 Å². The molecule has 0 aromatic heterocycles. The van der Waals surface area contributed by atoms with Crippen LogP contribution in [-0.4, -0.2) is 54.3 Å². The Balaban J connectivity index is 3.68. The van der Waals surface area contributed by atoms with E-state index in [2.05, 4.69) is 92.1 Å². The summed E-state index contributed by atoms with van der Waals surface area (Å²) in [6.45, 7) is 3.37. The Morgan fingerprint density at radius 1 is 0.571 bits per heavy atom. The topological polar surface area (TPSA) is 131 Å². The molecule has 10 heteroatoms. The van der Waals surface area contributed by atoms with Crippen LogP contribution in [0, 0.1) is 0 Å². The number of hydrogen-bond donors (Lipinski definition) is 3. The van der Waals surface area contributed by atoms with Crippen LogP contribution in [0.1, 0.15) is 174 Å². The van der Waals surface area contributed by atoms with Crippen LogP contribution in [0.5, 0.6) is 0 Å². The first-order chi connectivity index (χ1) is 27.3. The Hall–Kier alpha value is -2.55. The Morgan fingerprint density at radius 2 is 1.02 bits per heavy atom. The average molecular weight is 806 g/mol. The summed E-state index contributed by atoms with van der Waals surface area (Å²) in [6, 6.07) is 0. The number of phosphoric ester groups is 1. The molecule has 0 saturated carbocycles. The standard InChI is InChI=1S/C46H80NO8P/c1-3-5-7-9-11-13-15-17-19-21-22-23-24-26-28-30-32-34-36-38-45(49)47-40-41-54-56(51,52)55-43-44(48)42-53-46(50)39-37-35-33-31-29-27-25-20-18-16-14-12-10-8-6-4-2/h5,7,11,13,17,19-20,22-23,25-26,28,44,48H,3-4,6,8-10,12,14-16,18,21,24,27,29-43H2,1-2H3,(H,47,49)(H,51,52)/b7-5-,13-11-,19-17-,23-22-,25-20-,28-26-. The molecule has 56 heavy (non-hydrogen) atoms. The number of amides is 1. The van der Waals surface area contributed by atoms with Crippen molar-refractivity contribution >= 4 is 19.7 Å². The van der Waals surface area contributed by atoms with Crippen molar-refractivity contribution in [3.05, 3.63) is 72.9 Å². The number of carbonyl (C=O) groups is 2. The maximum Gasteiger partial charge on any atom is 0.472 e. The van der Waals surface area contributed by atoms with E-state index in [9.17, 15) is 24.2 Å². The molecule has 0 spiro atoms. The van der Waals surface area contributed by atoms with Gasteiger partial charge < -0.3 is 20.1 Å². The molecule has 2 atom stereocenters. The van der Waals surface area contributed by atoms with Gasteiger partial charge >= 0.3 is 13.8 Å². The van der Waals surface area contributed by atoms with Crippen molar-refractivity contribution in [3.63, 3.8) is 0 Å². The molecular weight excluding hydrogens is 725 g/mol. The fourth-order valence-electron chi connectivity index (χ4n) is 5.58. The third-order valence-electron chi connectivity index (χ3n) is 8.87. The van der Waals surface area contributed by atoms with Crippen LogP contribution in [0.4, 0.5) is 0 Å². The molecule has 0 aromatic carbocycles. The predicted molar refractivity (Wildman–Crippen MR) is 233 cm³/mol. The molecular formula is C46H80NO8P. The van der Waals surface area contributed by atoms with Gasteiger partial charge in [-0.2, -0.15) is 0 Å². The second-order valence-electron chi connectivity index (χ2n) is 14.3. The highest BCUT2D eigenvalue weighted by atomic mass is 31.2. The van der Waals surface area contributed by atoms with Crippen molar-refractivity contribution in [2.24, 2.45) is 0 Å². The molecule has 322 valence electrons. The highest BCUT2D eigenvalue weighted by Crippen LogP contribution is 2.42. The number of esters is 1. The van der Waals surface area contributed by atoms with E-state index in [4.69, 9.17) is 13.8 Å². The Labute approximate surface area is 341 Å². The third-order valence-corrected chi connectivity index (χ3v) is 9.85. The van der Waals surface area contributed by atoms with Crippen molar-refractivity contribution in [1.82, 2.24) is 5.32 Å². The SMILES string of the molecule is CC/C=C\C/C=C\C/C=C\C/C=C\C/C=C\CCCCCC(=O)NCCOP(=O)(O)OCC(O)COC(=O)CCCCCCC/C=C\CCCCCCCCC. The summed E-state index contributed by atoms with van der Waals surface area (Å²) in [5.41, 5.74) is 0. The fourth-order valence-corrected chi connectivity index (χ4v) is 6.33. The number of phosphoric acid groups is 1. The predicted octanol–water partition coefficient (Wildman–Crippen LogP) is 12.3. The van der Waals surface area contributed by atoms with Crippen molar-refractivity contribution < 1.29 is 37.9 Å². The number of aliphatic hydroxyl groups excluding tert-OH is 1. The Bertz CT molecular complexity index is 1150. The lowest BCUT2D eigenvalue weighted by Crippen LogP contribution is -2.27. The molecule has 1 amide bonds. The molecule has 0 aliphatic heterocycles. The minimum atomic E-state index is -4.43. The summed E-state index contributed by atoms with van der Waals surface area (Å²) in [7, 11) is -4.43. The number of hydrogen-bond acceptors (Lipinski definition) is 7. The molecule has 0 heterocycles. The summed E-state index contributed by atoms with van der Waals surface area (Å²) in [4.78, 5) is 33.9. The summed E-state index contributed by atoms with van der Waals surface area (Å²) in [6.07, 6.45) is 51.2. The molecule has 0 saturated heterocycles. The monoisotopic (exact) mass is 806 g/mol. The van der Waals surface area contributed by atoms with Crippen molar-refractivity contribution in [2.75, 3.05) is 26.4 Å². The maximum absolute atomic E-state index is 12.1. The molecule has 3 N–H and O–H groups in total. The number of unbranched alkanes of at least 4 members (excludes halogenated alkanes) is 15. The van der Waals surface area contributed by atoms with Gasteiger partial charge in [0, 0.05) is 19.4 Å². The van der Waals surface area contributed by atoms with E-state index in [-0.39, 0.29) is 32.1 Å². The lowest BCUT2D eigenvalue weighted by atomic mass is 10.1. The second-order valence-corrected chi connectivity index (χ2v) is 15.7. The Kier molecular flexibility index (Phi) is 40.2. The summed E-state index contributed by atoms with van der Waals surface area (Å²) in [5.74, 6) is -0.562. The van der Waals surface area contributed by atoms with Crippen LogP contribution in [-0.2, 0) is 27.9 Å².